The quantitative estimate of drug-likeness (QED) is 0.238. The Balaban J connectivity index is 1.56. The molecule has 1 aliphatic carbocycles. The largest absolute Gasteiger partial charge is 0.494 e. The molecule has 1 aliphatic rings. The van der Waals surface area contributed by atoms with E-state index < -0.39 is 0 Å². The van der Waals surface area contributed by atoms with Crippen molar-refractivity contribution in [1.82, 2.24) is 0 Å². The van der Waals surface area contributed by atoms with Crippen molar-refractivity contribution in [1.29, 1.82) is 0 Å². The predicted octanol–water partition coefficient (Wildman–Crippen LogP) is 7.58. The molecule has 0 bridgehead atoms. The number of benzene rings is 1. The van der Waals surface area contributed by atoms with E-state index in [1.54, 1.807) is 0 Å². The summed E-state index contributed by atoms with van der Waals surface area (Å²) in [4.78, 5) is 12.1. The van der Waals surface area contributed by atoms with Crippen molar-refractivity contribution in [3.63, 3.8) is 0 Å². The van der Waals surface area contributed by atoms with E-state index in [1.165, 1.54) is 64.2 Å². The van der Waals surface area contributed by atoms with Crippen LogP contribution in [0.25, 0.3) is 0 Å². The first-order valence-electron chi connectivity index (χ1n) is 12.1. The Labute approximate surface area is 178 Å². The summed E-state index contributed by atoms with van der Waals surface area (Å²) < 4.78 is 11.2. The van der Waals surface area contributed by atoms with Crippen molar-refractivity contribution in [3.05, 3.63) is 29.8 Å². The van der Waals surface area contributed by atoms with Crippen molar-refractivity contribution < 1.29 is 14.3 Å². The maximum Gasteiger partial charge on any atom is 0.338 e. The summed E-state index contributed by atoms with van der Waals surface area (Å²) in [6.07, 6.45) is 16.6. The Morgan fingerprint density at radius 2 is 1.45 bits per heavy atom. The molecule has 0 amide bonds. The third kappa shape index (κ3) is 9.69. The van der Waals surface area contributed by atoms with Gasteiger partial charge in [-0.2, -0.15) is 0 Å². The third-order valence-electron chi connectivity index (χ3n) is 6.26. The fourth-order valence-corrected chi connectivity index (χ4v) is 4.42. The van der Waals surface area contributed by atoms with E-state index in [0.717, 1.165) is 43.5 Å². The van der Waals surface area contributed by atoms with Gasteiger partial charge in [0, 0.05) is 0 Å². The topological polar surface area (TPSA) is 35.5 Å². The predicted molar refractivity (Wildman–Crippen MR) is 121 cm³/mol. The van der Waals surface area contributed by atoms with Crippen LogP contribution in [0, 0.1) is 11.8 Å². The summed E-state index contributed by atoms with van der Waals surface area (Å²) >= 11 is 0. The Morgan fingerprint density at radius 3 is 2.10 bits per heavy atom. The molecule has 0 heterocycles. The minimum absolute atomic E-state index is 0.231. The van der Waals surface area contributed by atoms with Gasteiger partial charge in [0.2, 0.25) is 0 Å². The van der Waals surface area contributed by atoms with Crippen LogP contribution < -0.4 is 4.74 Å². The van der Waals surface area contributed by atoms with Crippen LogP contribution in [0.2, 0.25) is 0 Å². The minimum Gasteiger partial charge on any atom is -0.494 e. The number of ether oxygens (including phenoxy) is 2. The first kappa shape index (κ1) is 23.8. The number of hydrogen-bond donors (Lipinski definition) is 0. The number of rotatable bonds is 14. The van der Waals surface area contributed by atoms with Gasteiger partial charge in [-0.05, 0) is 55.4 Å². The minimum atomic E-state index is -0.231. The number of unbranched alkanes of at least 4 members (excludes halogenated alkanes) is 4. The van der Waals surface area contributed by atoms with Crippen molar-refractivity contribution in [2.45, 2.75) is 97.3 Å². The van der Waals surface area contributed by atoms with Crippen LogP contribution in [0.5, 0.6) is 5.75 Å². The molecule has 0 radical (unpaired) electrons. The average molecular weight is 403 g/mol. The molecule has 1 fully saturated rings. The Morgan fingerprint density at radius 1 is 0.793 bits per heavy atom. The summed E-state index contributed by atoms with van der Waals surface area (Å²) in [7, 11) is 0. The summed E-state index contributed by atoms with van der Waals surface area (Å²) in [6.45, 7) is 5.78. The molecule has 0 aromatic heterocycles. The van der Waals surface area contributed by atoms with Crippen LogP contribution in [0.15, 0.2) is 24.3 Å². The lowest BCUT2D eigenvalue weighted by Gasteiger charge is -2.28. The molecule has 29 heavy (non-hydrogen) atoms. The second kappa shape index (κ2) is 14.5. The normalized spacial score (nSPS) is 19.1. The van der Waals surface area contributed by atoms with Crippen molar-refractivity contribution in [3.8, 4) is 5.75 Å². The fraction of sp³-hybridized carbons (Fsp3) is 0.731. The van der Waals surface area contributed by atoms with Crippen molar-refractivity contribution in [2.75, 3.05) is 13.2 Å². The first-order chi connectivity index (χ1) is 14.2. The zero-order valence-corrected chi connectivity index (χ0v) is 18.8. The molecule has 1 aromatic rings. The van der Waals surface area contributed by atoms with Gasteiger partial charge >= 0.3 is 5.97 Å². The van der Waals surface area contributed by atoms with Crippen LogP contribution >= 0.6 is 0 Å². The fourth-order valence-electron chi connectivity index (χ4n) is 4.42. The molecular weight excluding hydrogens is 360 g/mol. The lowest BCUT2D eigenvalue weighted by Crippen LogP contribution is -2.15. The second-order valence-electron chi connectivity index (χ2n) is 8.74. The summed E-state index contributed by atoms with van der Waals surface area (Å²) in [6, 6.07) is 7.38. The Hall–Kier alpha value is -1.51. The van der Waals surface area contributed by atoms with Gasteiger partial charge in [0.1, 0.15) is 5.75 Å². The van der Waals surface area contributed by atoms with Crippen LogP contribution in [0.4, 0.5) is 0 Å². The maximum absolute atomic E-state index is 12.1. The molecular formula is C26H42O3. The molecule has 1 aromatic carbocycles. The molecule has 1 saturated carbocycles. The molecule has 0 spiro atoms. The molecule has 0 atom stereocenters. The highest BCUT2D eigenvalue weighted by molar-refractivity contribution is 5.89. The van der Waals surface area contributed by atoms with Crippen LogP contribution in [-0.4, -0.2) is 19.2 Å². The highest BCUT2D eigenvalue weighted by atomic mass is 16.5. The van der Waals surface area contributed by atoms with E-state index in [1.807, 2.05) is 24.3 Å². The molecule has 3 heteroatoms. The van der Waals surface area contributed by atoms with E-state index in [0.29, 0.717) is 12.2 Å². The van der Waals surface area contributed by atoms with Crippen LogP contribution in [-0.2, 0) is 4.74 Å². The number of carbonyl (C=O) groups is 1. The third-order valence-corrected chi connectivity index (χ3v) is 6.26. The SMILES string of the molecule is CCCCCCCOC(=O)c1ccc(OCCCC2CCC(CCC)CC2)cc1. The number of hydrogen-bond acceptors (Lipinski definition) is 3. The van der Waals surface area contributed by atoms with E-state index >= 15 is 0 Å². The van der Waals surface area contributed by atoms with Gasteiger partial charge < -0.3 is 9.47 Å². The second-order valence-corrected chi connectivity index (χ2v) is 8.74. The molecule has 0 unspecified atom stereocenters. The van der Waals surface area contributed by atoms with E-state index in [2.05, 4.69) is 13.8 Å². The zero-order chi connectivity index (χ0) is 20.7. The molecule has 0 saturated heterocycles. The molecule has 2 rings (SSSR count). The molecule has 3 nitrogen and oxygen atoms in total. The van der Waals surface area contributed by atoms with Gasteiger partial charge in [0.25, 0.3) is 0 Å². The van der Waals surface area contributed by atoms with Gasteiger partial charge in [-0.3, -0.25) is 0 Å². The molecule has 0 aliphatic heterocycles. The van der Waals surface area contributed by atoms with E-state index in [9.17, 15) is 4.79 Å². The van der Waals surface area contributed by atoms with Gasteiger partial charge in [0.05, 0.1) is 18.8 Å². The van der Waals surface area contributed by atoms with Crippen molar-refractivity contribution in [2.24, 2.45) is 11.8 Å². The number of esters is 1. The lowest BCUT2D eigenvalue weighted by molar-refractivity contribution is 0.0497. The first-order valence-corrected chi connectivity index (χ1v) is 12.1. The average Bonchev–Trinajstić information content (AvgIpc) is 2.75. The summed E-state index contributed by atoms with van der Waals surface area (Å²) in [5, 5.41) is 0. The van der Waals surface area contributed by atoms with Gasteiger partial charge in [0.15, 0.2) is 0 Å². The standard InChI is InChI=1S/C26H42O3/c1-3-5-6-7-8-20-29-26(27)24-16-18-25(19-17-24)28-21-9-11-23-14-12-22(10-4-2)13-15-23/h16-19,22-23H,3-15,20-21H2,1-2H3. The van der Waals surface area contributed by atoms with Crippen LogP contribution in [0.3, 0.4) is 0 Å². The summed E-state index contributed by atoms with van der Waals surface area (Å²) in [5.74, 6) is 2.49. The Bertz CT molecular complexity index is 544. The highest BCUT2D eigenvalue weighted by Gasteiger charge is 2.20. The number of carbonyl (C=O) groups excluding carboxylic acids is 1. The monoisotopic (exact) mass is 402 g/mol. The maximum atomic E-state index is 12.1. The smallest absolute Gasteiger partial charge is 0.338 e. The Kier molecular flexibility index (Phi) is 11.9. The van der Waals surface area contributed by atoms with Gasteiger partial charge in [-0.1, -0.05) is 78.1 Å². The summed E-state index contributed by atoms with van der Waals surface area (Å²) in [5.41, 5.74) is 0.606. The molecule has 0 N–H and O–H groups in total. The van der Waals surface area contributed by atoms with E-state index in [-0.39, 0.29) is 5.97 Å². The van der Waals surface area contributed by atoms with Crippen molar-refractivity contribution >= 4 is 5.97 Å². The van der Waals surface area contributed by atoms with Crippen LogP contribution in [0.1, 0.15) is 108 Å². The van der Waals surface area contributed by atoms with Gasteiger partial charge in [-0.25, -0.2) is 4.79 Å². The lowest BCUT2D eigenvalue weighted by atomic mass is 9.78. The molecule has 164 valence electrons. The zero-order valence-electron chi connectivity index (χ0n) is 18.8. The van der Waals surface area contributed by atoms with Gasteiger partial charge in [-0.15, -0.1) is 0 Å². The highest BCUT2D eigenvalue weighted by Crippen LogP contribution is 2.33. The van der Waals surface area contributed by atoms with E-state index in [4.69, 9.17) is 9.47 Å².